The molecule has 0 radical (unpaired) electrons. The van der Waals surface area contributed by atoms with E-state index in [0.717, 1.165) is 22.8 Å². The number of aromatic nitrogens is 2. The second-order valence-corrected chi connectivity index (χ2v) is 9.36. The van der Waals surface area contributed by atoms with E-state index in [1.807, 2.05) is 24.3 Å². The first-order chi connectivity index (χ1) is 15.2. The molecule has 0 fully saturated rings. The summed E-state index contributed by atoms with van der Waals surface area (Å²) in [7, 11) is -4.43. The van der Waals surface area contributed by atoms with E-state index in [9.17, 15) is 18.1 Å². The zero-order valence-corrected chi connectivity index (χ0v) is 18.2. The van der Waals surface area contributed by atoms with Gasteiger partial charge in [-0.15, -0.1) is 0 Å². The molecule has 32 heavy (non-hydrogen) atoms. The van der Waals surface area contributed by atoms with Crippen LogP contribution in [0, 0.1) is 13.8 Å². The normalized spacial score (nSPS) is 12.0. The summed E-state index contributed by atoms with van der Waals surface area (Å²) in [5.41, 5.74) is 6.87. The number of fused-ring (bicyclic) bond motifs is 3. The molecule has 0 saturated carbocycles. The number of phenols is 1. The SMILES string of the molecule is Cc1ccc(-c2ccc(-c3nc4c(ccc5cc(S(=O)(=O)O)cc(O)c54)[nH]3)cc2)cc1C. The van der Waals surface area contributed by atoms with E-state index in [0.29, 0.717) is 27.6 Å². The smallest absolute Gasteiger partial charge is 0.294 e. The van der Waals surface area contributed by atoms with Gasteiger partial charge < -0.3 is 10.1 Å². The monoisotopic (exact) mass is 444 g/mol. The maximum atomic E-state index is 11.5. The van der Waals surface area contributed by atoms with Crippen LogP contribution in [-0.4, -0.2) is 28.0 Å². The maximum absolute atomic E-state index is 11.5. The molecule has 0 amide bonds. The Morgan fingerprint density at radius 1 is 0.812 bits per heavy atom. The van der Waals surface area contributed by atoms with Crippen LogP contribution in [0.1, 0.15) is 11.1 Å². The van der Waals surface area contributed by atoms with Gasteiger partial charge in [0.25, 0.3) is 10.1 Å². The van der Waals surface area contributed by atoms with Crippen molar-refractivity contribution in [1.29, 1.82) is 0 Å². The Morgan fingerprint density at radius 2 is 1.50 bits per heavy atom. The second-order valence-electron chi connectivity index (χ2n) is 7.94. The predicted molar refractivity (Wildman–Crippen MR) is 125 cm³/mol. The van der Waals surface area contributed by atoms with E-state index >= 15 is 0 Å². The number of nitrogens with zero attached hydrogens (tertiary/aromatic N) is 1. The van der Waals surface area contributed by atoms with Crippen molar-refractivity contribution in [1.82, 2.24) is 9.97 Å². The van der Waals surface area contributed by atoms with Gasteiger partial charge in [-0.05, 0) is 53.6 Å². The number of aryl methyl sites for hydroxylation is 2. The second kappa shape index (κ2) is 7.19. The summed E-state index contributed by atoms with van der Waals surface area (Å²) in [6, 6.07) is 20.2. The number of aromatic hydroxyl groups is 1. The molecule has 0 spiro atoms. The van der Waals surface area contributed by atoms with Crippen LogP contribution in [-0.2, 0) is 10.1 Å². The number of hydrogen-bond donors (Lipinski definition) is 3. The minimum Gasteiger partial charge on any atom is -0.507 e. The Labute approximate surface area is 184 Å². The van der Waals surface area contributed by atoms with E-state index in [1.54, 1.807) is 12.1 Å². The summed E-state index contributed by atoms with van der Waals surface area (Å²) in [5.74, 6) is 0.376. The first-order valence-corrected chi connectivity index (χ1v) is 11.5. The molecule has 0 aliphatic heterocycles. The van der Waals surface area contributed by atoms with Gasteiger partial charge in [0.2, 0.25) is 0 Å². The molecule has 4 aromatic carbocycles. The van der Waals surface area contributed by atoms with E-state index in [2.05, 4.69) is 42.0 Å². The molecule has 0 bridgehead atoms. The van der Waals surface area contributed by atoms with E-state index < -0.39 is 10.1 Å². The molecule has 1 aromatic heterocycles. The summed E-state index contributed by atoms with van der Waals surface area (Å²) in [6.45, 7) is 4.19. The van der Waals surface area contributed by atoms with E-state index in [-0.39, 0.29) is 10.6 Å². The minimum absolute atomic E-state index is 0.260. The van der Waals surface area contributed by atoms with Crippen molar-refractivity contribution in [2.45, 2.75) is 18.7 Å². The van der Waals surface area contributed by atoms with Gasteiger partial charge in [-0.3, -0.25) is 4.55 Å². The average Bonchev–Trinajstić information content (AvgIpc) is 3.19. The van der Waals surface area contributed by atoms with Gasteiger partial charge in [-0.25, -0.2) is 4.98 Å². The number of imidazole rings is 1. The number of rotatable bonds is 3. The minimum atomic E-state index is -4.43. The molecular weight excluding hydrogens is 424 g/mol. The molecule has 5 aromatic rings. The Hall–Kier alpha value is -3.68. The lowest BCUT2D eigenvalue weighted by atomic mass is 9.99. The van der Waals surface area contributed by atoms with Gasteiger partial charge in [0.05, 0.1) is 15.8 Å². The highest BCUT2D eigenvalue weighted by Gasteiger charge is 2.17. The summed E-state index contributed by atoms with van der Waals surface area (Å²) >= 11 is 0. The lowest BCUT2D eigenvalue weighted by molar-refractivity contribution is 0.471. The highest BCUT2D eigenvalue weighted by molar-refractivity contribution is 7.85. The Balaban J connectivity index is 1.59. The highest BCUT2D eigenvalue weighted by Crippen LogP contribution is 2.35. The third kappa shape index (κ3) is 3.41. The number of nitrogens with one attached hydrogen (secondary N) is 1. The fraction of sp³-hybridized carbons (Fsp3) is 0.0800. The van der Waals surface area contributed by atoms with Crippen molar-refractivity contribution in [3.05, 3.63) is 77.9 Å². The molecule has 3 N–H and O–H groups in total. The number of hydrogen-bond acceptors (Lipinski definition) is 4. The summed E-state index contributed by atoms with van der Waals surface area (Å²) in [5, 5.41) is 11.4. The van der Waals surface area contributed by atoms with Crippen molar-refractivity contribution in [2.24, 2.45) is 0 Å². The first kappa shape index (κ1) is 20.2. The largest absolute Gasteiger partial charge is 0.507 e. The van der Waals surface area contributed by atoms with Crippen LogP contribution < -0.4 is 0 Å². The molecular formula is C25H20N2O4S. The van der Waals surface area contributed by atoms with Gasteiger partial charge in [0.15, 0.2) is 0 Å². The van der Waals surface area contributed by atoms with Crippen molar-refractivity contribution in [3.8, 4) is 28.3 Å². The first-order valence-electron chi connectivity index (χ1n) is 10.0. The fourth-order valence-electron chi connectivity index (χ4n) is 3.91. The van der Waals surface area contributed by atoms with Crippen molar-refractivity contribution in [2.75, 3.05) is 0 Å². The lowest BCUT2D eigenvalue weighted by Crippen LogP contribution is -1.97. The number of benzene rings is 4. The van der Waals surface area contributed by atoms with Gasteiger partial charge in [-0.2, -0.15) is 8.42 Å². The Kier molecular flexibility index (Phi) is 4.54. The number of H-pyrrole nitrogens is 1. The summed E-state index contributed by atoms with van der Waals surface area (Å²) < 4.78 is 32.3. The van der Waals surface area contributed by atoms with Gasteiger partial charge >= 0.3 is 0 Å². The molecule has 0 saturated heterocycles. The topological polar surface area (TPSA) is 103 Å². The van der Waals surface area contributed by atoms with Crippen LogP contribution in [0.2, 0.25) is 0 Å². The van der Waals surface area contributed by atoms with Gasteiger partial charge in [0.1, 0.15) is 17.1 Å². The van der Waals surface area contributed by atoms with Crippen LogP contribution in [0.3, 0.4) is 0 Å². The van der Waals surface area contributed by atoms with Crippen LogP contribution in [0.4, 0.5) is 0 Å². The van der Waals surface area contributed by atoms with E-state index in [4.69, 9.17) is 0 Å². The molecule has 1 heterocycles. The van der Waals surface area contributed by atoms with Crippen molar-refractivity contribution >= 4 is 31.9 Å². The zero-order valence-electron chi connectivity index (χ0n) is 17.4. The van der Waals surface area contributed by atoms with Crippen LogP contribution >= 0.6 is 0 Å². The number of aromatic amines is 1. The highest BCUT2D eigenvalue weighted by atomic mass is 32.2. The van der Waals surface area contributed by atoms with Gasteiger partial charge in [-0.1, -0.05) is 48.5 Å². The van der Waals surface area contributed by atoms with Crippen LogP contribution in [0.5, 0.6) is 5.75 Å². The lowest BCUT2D eigenvalue weighted by Gasteiger charge is -2.06. The molecule has 0 aliphatic rings. The maximum Gasteiger partial charge on any atom is 0.294 e. The van der Waals surface area contributed by atoms with Crippen LogP contribution in [0.15, 0.2) is 71.6 Å². The molecule has 0 unspecified atom stereocenters. The summed E-state index contributed by atoms with van der Waals surface area (Å²) in [4.78, 5) is 7.56. The molecule has 160 valence electrons. The predicted octanol–water partition coefficient (Wildman–Crippen LogP) is 5.62. The molecule has 5 rings (SSSR count). The number of phenolic OH excluding ortho intramolecular Hbond substituents is 1. The van der Waals surface area contributed by atoms with Crippen molar-refractivity contribution < 1.29 is 18.1 Å². The summed E-state index contributed by atoms with van der Waals surface area (Å²) in [6.07, 6.45) is 0. The molecule has 7 heteroatoms. The van der Waals surface area contributed by atoms with Crippen molar-refractivity contribution in [3.63, 3.8) is 0 Å². The standard InChI is InChI=1S/C25H20N2O4S/c1-14-3-4-18(11-15(14)2)16-5-7-17(8-6-16)25-26-21-10-9-19-12-20(32(29,30)31)13-22(28)23(19)24(21)27-25/h3-13,28H,1-2H3,(H,26,27)(H,29,30,31). The van der Waals surface area contributed by atoms with Crippen LogP contribution in [0.25, 0.3) is 44.3 Å². The Bertz CT molecular complexity index is 1620. The third-order valence-electron chi connectivity index (χ3n) is 5.82. The third-order valence-corrected chi connectivity index (χ3v) is 6.65. The fourth-order valence-corrected chi connectivity index (χ4v) is 4.45. The molecule has 0 atom stereocenters. The Morgan fingerprint density at radius 3 is 2.19 bits per heavy atom. The van der Waals surface area contributed by atoms with Gasteiger partial charge in [0, 0.05) is 11.6 Å². The average molecular weight is 445 g/mol. The molecule has 6 nitrogen and oxygen atoms in total. The van der Waals surface area contributed by atoms with E-state index in [1.165, 1.54) is 17.2 Å². The molecule has 0 aliphatic carbocycles. The zero-order chi connectivity index (χ0) is 22.6. The quantitative estimate of drug-likeness (QED) is 0.313.